The number of hydrogen-bond acceptors (Lipinski definition) is 6. The molecule has 6 heteroatoms. The molecule has 20 heavy (non-hydrogen) atoms. The van der Waals surface area contributed by atoms with E-state index in [9.17, 15) is 0 Å². The second kappa shape index (κ2) is 7.87. The Morgan fingerprint density at radius 1 is 1.05 bits per heavy atom. The number of anilines is 3. The Hall–Kier alpha value is -1.59. The lowest BCUT2D eigenvalue weighted by atomic mass is 10.0. The van der Waals surface area contributed by atoms with Crippen molar-refractivity contribution in [2.75, 3.05) is 36.2 Å². The van der Waals surface area contributed by atoms with Gasteiger partial charge in [-0.3, -0.25) is 0 Å². The third-order valence-electron chi connectivity index (χ3n) is 3.41. The third kappa shape index (κ3) is 4.83. The molecule has 1 aromatic rings. The molecule has 0 saturated heterocycles. The van der Waals surface area contributed by atoms with Gasteiger partial charge in [-0.2, -0.15) is 15.0 Å². The van der Waals surface area contributed by atoms with Crippen molar-refractivity contribution in [1.29, 1.82) is 0 Å². The van der Waals surface area contributed by atoms with Crippen molar-refractivity contribution < 1.29 is 0 Å². The summed E-state index contributed by atoms with van der Waals surface area (Å²) in [6.07, 6.45) is 2.16. The fourth-order valence-corrected chi connectivity index (χ4v) is 1.64. The van der Waals surface area contributed by atoms with E-state index in [0.717, 1.165) is 19.4 Å². The Morgan fingerprint density at radius 3 is 2.25 bits per heavy atom. The normalized spacial score (nSPS) is 13.7. The van der Waals surface area contributed by atoms with E-state index in [1.807, 2.05) is 19.0 Å². The zero-order valence-electron chi connectivity index (χ0n) is 13.6. The van der Waals surface area contributed by atoms with Crippen LogP contribution in [0.1, 0.15) is 40.5 Å². The number of rotatable bonds is 8. The summed E-state index contributed by atoms with van der Waals surface area (Å²) in [6, 6.07) is 0.330. The third-order valence-corrected chi connectivity index (χ3v) is 3.41. The summed E-state index contributed by atoms with van der Waals surface area (Å²) < 4.78 is 0. The first kappa shape index (κ1) is 16.5. The fourth-order valence-electron chi connectivity index (χ4n) is 1.64. The maximum Gasteiger partial charge on any atom is 0.231 e. The summed E-state index contributed by atoms with van der Waals surface area (Å²) in [4.78, 5) is 15.2. The first-order valence-corrected chi connectivity index (χ1v) is 7.41. The van der Waals surface area contributed by atoms with Gasteiger partial charge in [0.25, 0.3) is 0 Å². The largest absolute Gasteiger partial charge is 0.354 e. The van der Waals surface area contributed by atoms with Gasteiger partial charge in [-0.05, 0) is 19.3 Å². The summed E-state index contributed by atoms with van der Waals surface area (Å²) in [5.74, 6) is 2.50. The molecule has 2 atom stereocenters. The second-order valence-corrected chi connectivity index (χ2v) is 5.42. The van der Waals surface area contributed by atoms with Crippen LogP contribution in [0.3, 0.4) is 0 Å². The van der Waals surface area contributed by atoms with Crippen LogP contribution < -0.4 is 15.5 Å². The SMILES string of the molecule is CCCNc1nc(NC(C)C(C)CC)nc(N(C)C)n1. The van der Waals surface area contributed by atoms with Crippen LogP contribution in [0.25, 0.3) is 0 Å². The molecule has 114 valence electrons. The first-order chi connectivity index (χ1) is 9.47. The molecular formula is C14H28N6. The van der Waals surface area contributed by atoms with Gasteiger partial charge < -0.3 is 15.5 Å². The molecule has 0 fully saturated rings. The van der Waals surface area contributed by atoms with E-state index in [1.165, 1.54) is 0 Å². The molecule has 0 bridgehead atoms. The molecule has 0 aromatic carbocycles. The standard InChI is InChI=1S/C14H28N6/c1-7-9-15-12-17-13(16-11(4)10(3)8-2)19-14(18-12)20(5)6/h10-11H,7-9H2,1-6H3,(H2,15,16,17,18,19). The molecule has 1 heterocycles. The highest BCUT2D eigenvalue weighted by Crippen LogP contribution is 2.15. The van der Waals surface area contributed by atoms with E-state index in [2.05, 4.69) is 53.3 Å². The Balaban J connectivity index is 2.90. The highest BCUT2D eigenvalue weighted by molar-refractivity contribution is 5.43. The van der Waals surface area contributed by atoms with E-state index in [4.69, 9.17) is 0 Å². The van der Waals surface area contributed by atoms with Crippen LogP contribution in [0.15, 0.2) is 0 Å². The molecule has 1 aromatic heterocycles. The average molecular weight is 280 g/mol. The quantitative estimate of drug-likeness (QED) is 0.763. The molecule has 2 N–H and O–H groups in total. The summed E-state index contributed by atoms with van der Waals surface area (Å²) in [6.45, 7) is 9.55. The van der Waals surface area contributed by atoms with Crippen molar-refractivity contribution >= 4 is 17.8 Å². The summed E-state index contributed by atoms with van der Waals surface area (Å²) in [5, 5.41) is 6.59. The molecule has 0 aliphatic carbocycles. The average Bonchev–Trinajstić information content (AvgIpc) is 2.43. The minimum atomic E-state index is 0.330. The second-order valence-electron chi connectivity index (χ2n) is 5.42. The van der Waals surface area contributed by atoms with Gasteiger partial charge in [0.1, 0.15) is 0 Å². The molecule has 0 aliphatic heterocycles. The van der Waals surface area contributed by atoms with Crippen LogP contribution in [0.5, 0.6) is 0 Å². The minimum absolute atomic E-state index is 0.330. The maximum absolute atomic E-state index is 4.45. The van der Waals surface area contributed by atoms with Crippen LogP contribution in [-0.2, 0) is 0 Å². The summed E-state index contributed by atoms with van der Waals surface area (Å²) in [5.41, 5.74) is 0. The van der Waals surface area contributed by atoms with Crippen LogP contribution in [0, 0.1) is 5.92 Å². The summed E-state index contributed by atoms with van der Waals surface area (Å²) in [7, 11) is 3.86. The predicted octanol–water partition coefficient (Wildman–Crippen LogP) is 2.61. The maximum atomic E-state index is 4.45. The van der Waals surface area contributed by atoms with E-state index < -0.39 is 0 Å². The van der Waals surface area contributed by atoms with Crippen molar-refractivity contribution in [2.24, 2.45) is 5.92 Å². The monoisotopic (exact) mass is 280 g/mol. The van der Waals surface area contributed by atoms with Crippen LogP contribution in [-0.4, -0.2) is 41.6 Å². The lowest BCUT2D eigenvalue weighted by Crippen LogP contribution is -2.26. The molecule has 6 nitrogen and oxygen atoms in total. The van der Waals surface area contributed by atoms with E-state index >= 15 is 0 Å². The van der Waals surface area contributed by atoms with Gasteiger partial charge in [-0.15, -0.1) is 0 Å². The lowest BCUT2D eigenvalue weighted by Gasteiger charge is -2.21. The molecule has 0 saturated carbocycles. The van der Waals surface area contributed by atoms with Gasteiger partial charge in [0.2, 0.25) is 17.8 Å². The molecule has 1 rings (SSSR count). The van der Waals surface area contributed by atoms with Crippen LogP contribution >= 0.6 is 0 Å². The smallest absolute Gasteiger partial charge is 0.231 e. The molecule has 0 spiro atoms. The summed E-state index contributed by atoms with van der Waals surface area (Å²) >= 11 is 0. The molecule has 0 amide bonds. The Morgan fingerprint density at radius 2 is 1.70 bits per heavy atom. The molecule has 0 aliphatic rings. The Labute approximate surface area is 122 Å². The number of nitrogens with zero attached hydrogens (tertiary/aromatic N) is 4. The first-order valence-electron chi connectivity index (χ1n) is 7.41. The van der Waals surface area contributed by atoms with Gasteiger partial charge in [0.05, 0.1) is 0 Å². The van der Waals surface area contributed by atoms with Crippen molar-refractivity contribution in [3.63, 3.8) is 0 Å². The van der Waals surface area contributed by atoms with Gasteiger partial charge in [-0.1, -0.05) is 27.2 Å². The van der Waals surface area contributed by atoms with Gasteiger partial charge >= 0.3 is 0 Å². The van der Waals surface area contributed by atoms with E-state index in [1.54, 1.807) is 0 Å². The zero-order chi connectivity index (χ0) is 15.1. The molecular weight excluding hydrogens is 252 g/mol. The minimum Gasteiger partial charge on any atom is -0.354 e. The number of hydrogen-bond donors (Lipinski definition) is 2. The van der Waals surface area contributed by atoms with Gasteiger partial charge in [0.15, 0.2) is 0 Å². The number of aromatic nitrogens is 3. The number of nitrogens with one attached hydrogen (secondary N) is 2. The Kier molecular flexibility index (Phi) is 6.48. The van der Waals surface area contributed by atoms with Crippen molar-refractivity contribution in [3.05, 3.63) is 0 Å². The van der Waals surface area contributed by atoms with E-state index in [0.29, 0.717) is 29.8 Å². The van der Waals surface area contributed by atoms with Crippen molar-refractivity contribution in [2.45, 2.75) is 46.6 Å². The topological polar surface area (TPSA) is 66.0 Å². The Bertz CT molecular complexity index is 407. The van der Waals surface area contributed by atoms with Crippen molar-refractivity contribution in [3.8, 4) is 0 Å². The molecule has 2 unspecified atom stereocenters. The van der Waals surface area contributed by atoms with Crippen molar-refractivity contribution in [1.82, 2.24) is 15.0 Å². The lowest BCUT2D eigenvalue weighted by molar-refractivity contribution is 0.492. The predicted molar refractivity (Wildman–Crippen MR) is 85.5 cm³/mol. The fraction of sp³-hybridized carbons (Fsp3) is 0.786. The van der Waals surface area contributed by atoms with Gasteiger partial charge in [-0.25, -0.2) is 0 Å². The van der Waals surface area contributed by atoms with E-state index in [-0.39, 0.29) is 0 Å². The highest BCUT2D eigenvalue weighted by atomic mass is 15.3. The van der Waals surface area contributed by atoms with Gasteiger partial charge in [0, 0.05) is 26.7 Å². The van der Waals surface area contributed by atoms with Crippen LogP contribution in [0.2, 0.25) is 0 Å². The zero-order valence-corrected chi connectivity index (χ0v) is 13.6. The van der Waals surface area contributed by atoms with Crippen LogP contribution in [0.4, 0.5) is 17.8 Å². The highest BCUT2D eigenvalue weighted by Gasteiger charge is 2.13. The molecule has 0 radical (unpaired) electrons.